The molecule has 17 heavy (non-hydrogen) atoms. The Morgan fingerprint density at radius 2 is 1.94 bits per heavy atom. The topological polar surface area (TPSA) is 89.6 Å². The van der Waals surface area contributed by atoms with E-state index in [1.807, 2.05) is 6.92 Å². The van der Waals surface area contributed by atoms with Gasteiger partial charge < -0.3 is 15.6 Å². The van der Waals surface area contributed by atoms with Gasteiger partial charge in [0.1, 0.15) is 11.3 Å². The number of rotatable bonds is 7. The van der Waals surface area contributed by atoms with Crippen LogP contribution in [0.5, 0.6) is 0 Å². The molecule has 100 valence electrons. The molecule has 0 fully saturated rings. The summed E-state index contributed by atoms with van der Waals surface area (Å²) in [6, 6.07) is -1.02. The van der Waals surface area contributed by atoms with E-state index in [0.29, 0.717) is 13.0 Å². The number of thioether (sulfide) groups is 1. The number of carbonyl (C=O) groups is 2. The molecule has 0 saturated heterocycles. The Labute approximate surface area is 106 Å². The lowest BCUT2D eigenvalue weighted by Gasteiger charge is -2.31. The first-order chi connectivity index (χ1) is 7.76. The highest BCUT2D eigenvalue weighted by Gasteiger charge is 2.37. The van der Waals surface area contributed by atoms with Crippen LogP contribution in [0.25, 0.3) is 0 Å². The number of hydrogen-bond acceptors (Lipinski definition) is 5. The summed E-state index contributed by atoms with van der Waals surface area (Å²) in [5, 5.41) is 8.51. The summed E-state index contributed by atoms with van der Waals surface area (Å²) in [5.74, 6) is -1.38. The number of carbonyl (C=O) groups excluding carboxylic acids is 1. The quantitative estimate of drug-likeness (QED) is 0.672. The van der Waals surface area contributed by atoms with Crippen LogP contribution >= 0.6 is 11.8 Å². The van der Waals surface area contributed by atoms with Crippen LogP contribution in [-0.4, -0.2) is 39.7 Å². The molecule has 0 aliphatic rings. The number of aliphatic carboxylic acids is 1. The number of esters is 1. The second-order valence-electron chi connectivity index (χ2n) is 4.19. The third kappa shape index (κ3) is 4.95. The van der Waals surface area contributed by atoms with E-state index in [4.69, 9.17) is 15.6 Å². The average molecular weight is 263 g/mol. The standard InChI is InChI=1S/C11H21NO4S/c1-5-7(10(15)16-6-2)17-11(3,4)8(12)9(13)14/h7-8H,5-6,12H2,1-4H3,(H,13,14)/t7?,8-/m1/s1. The molecule has 0 radical (unpaired) electrons. The van der Waals surface area contributed by atoms with Crippen LogP contribution in [0, 0.1) is 0 Å². The van der Waals surface area contributed by atoms with Crippen molar-refractivity contribution in [2.45, 2.75) is 50.2 Å². The molecule has 2 atom stereocenters. The number of carboxylic acids is 1. The minimum Gasteiger partial charge on any atom is -0.480 e. The molecule has 3 N–H and O–H groups in total. The molecule has 0 rings (SSSR count). The summed E-state index contributed by atoms with van der Waals surface area (Å²) in [6.45, 7) is 7.36. The van der Waals surface area contributed by atoms with E-state index in [1.54, 1.807) is 20.8 Å². The first kappa shape index (κ1) is 16.2. The van der Waals surface area contributed by atoms with Crippen molar-refractivity contribution in [3.8, 4) is 0 Å². The predicted octanol–water partition coefficient (Wildman–Crippen LogP) is 1.25. The molecule has 0 aromatic heterocycles. The zero-order valence-corrected chi connectivity index (χ0v) is 11.5. The molecule has 6 heteroatoms. The monoisotopic (exact) mass is 263 g/mol. The largest absolute Gasteiger partial charge is 0.480 e. The maximum absolute atomic E-state index is 11.6. The van der Waals surface area contributed by atoms with Crippen LogP contribution in [0.3, 0.4) is 0 Å². The molecule has 0 heterocycles. The SMILES string of the molecule is CCOC(=O)C(CC)SC(C)(C)[C@H](N)C(=O)O. The van der Waals surface area contributed by atoms with Crippen LogP contribution in [0.2, 0.25) is 0 Å². The van der Waals surface area contributed by atoms with Crippen LogP contribution in [0.15, 0.2) is 0 Å². The molecule has 1 unspecified atom stereocenters. The lowest BCUT2D eigenvalue weighted by atomic mass is 10.1. The van der Waals surface area contributed by atoms with Gasteiger partial charge in [0.05, 0.1) is 6.61 Å². The second-order valence-corrected chi connectivity index (χ2v) is 6.04. The molecule has 0 aromatic rings. The van der Waals surface area contributed by atoms with Crippen molar-refractivity contribution < 1.29 is 19.4 Å². The predicted molar refractivity (Wildman–Crippen MR) is 68.0 cm³/mol. The Hall–Kier alpha value is -0.750. The van der Waals surface area contributed by atoms with Crippen molar-refractivity contribution in [2.24, 2.45) is 5.73 Å². The van der Waals surface area contributed by atoms with Gasteiger partial charge >= 0.3 is 11.9 Å². The summed E-state index contributed by atoms with van der Waals surface area (Å²) in [7, 11) is 0. The van der Waals surface area contributed by atoms with Crippen molar-refractivity contribution in [1.29, 1.82) is 0 Å². The van der Waals surface area contributed by atoms with Crippen molar-refractivity contribution in [2.75, 3.05) is 6.61 Å². The van der Waals surface area contributed by atoms with Crippen molar-refractivity contribution in [3.05, 3.63) is 0 Å². The highest BCUT2D eigenvalue weighted by molar-refractivity contribution is 8.02. The highest BCUT2D eigenvalue weighted by Crippen LogP contribution is 2.33. The molecular weight excluding hydrogens is 242 g/mol. The maximum atomic E-state index is 11.6. The summed E-state index contributed by atoms with van der Waals surface area (Å²) < 4.78 is 4.21. The van der Waals surface area contributed by atoms with Crippen molar-refractivity contribution in [3.63, 3.8) is 0 Å². The van der Waals surface area contributed by atoms with Gasteiger partial charge in [-0.2, -0.15) is 0 Å². The summed E-state index contributed by atoms with van der Waals surface area (Å²) in [6.07, 6.45) is 0.583. The van der Waals surface area contributed by atoms with Gasteiger partial charge in [-0.1, -0.05) is 6.92 Å². The van der Waals surface area contributed by atoms with Crippen LogP contribution in [0.1, 0.15) is 34.1 Å². The lowest BCUT2D eigenvalue weighted by molar-refractivity contribution is -0.143. The summed E-state index contributed by atoms with van der Waals surface area (Å²) >= 11 is 1.25. The molecule has 0 spiro atoms. The summed E-state index contributed by atoms with van der Waals surface area (Å²) in [5.41, 5.74) is 5.60. The van der Waals surface area contributed by atoms with Gasteiger partial charge in [-0.05, 0) is 27.2 Å². The third-order valence-electron chi connectivity index (χ3n) is 2.38. The Morgan fingerprint density at radius 3 is 2.29 bits per heavy atom. The number of hydrogen-bond donors (Lipinski definition) is 2. The number of nitrogens with two attached hydrogens (primary N) is 1. The minimum absolute atomic E-state index is 0.314. The first-order valence-electron chi connectivity index (χ1n) is 5.59. The fraction of sp³-hybridized carbons (Fsp3) is 0.818. The number of ether oxygens (including phenoxy) is 1. The molecule has 0 saturated carbocycles. The molecule has 0 aliphatic heterocycles. The van der Waals surface area contributed by atoms with Gasteiger partial charge in [0.25, 0.3) is 0 Å². The van der Waals surface area contributed by atoms with E-state index in [-0.39, 0.29) is 11.2 Å². The molecule has 0 amide bonds. The van der Waals surface area contributed by atoms with E-state index < -0.39 is 16.8 Å². The molecule has 0 aliphatic carbocycles. The average Bonchev–Trinajstić information content (AvgIpc) is 2.24. The van der Waals surface area contributed by atoms with Gasteiger partial charge in [0.2, 0.25) is 0 Å². The first-order valence-corrected chi connectivity index (χ1v) is 6.47. The van der Waals surface area contributed by atoms with Crippen LogP contribution in [-0.2, 0) is 14.3 Å². The van der Waals surface area contributed by atoms with Crippen molar-refractivity contribution in [1.82, 2.24) is 0 Å². The highest BCUT2D eigenvalue weighted by atomic mass is 32.2. The van der Waals surface area contributed by atoms with Gasteiger partial charge in [-0.15, -0.1) is 11.8 Å². The number of carboxylic acid groups (broad SMARTS) is 1. The molecule has 5 nitrogen and oxygen atoms in total. The molecule has 0 aromatic carbocycles. The van der Waals surface area contributed by atoms with Crippen LogP contribution < -0.4 is 5.73 Å². The van der Waals surface area contributed by atoms with Crippen LogP contribution in [0.4, 0.5) is 0 Å². The van der Waals surface area contributed by atoms with Gasteiger partial charge in [-0.25, -0.2) is 0 Å². The van der Waals surface area contributed by atoms with E-state index in [9.17, 15) is 9.59 Å². The fourth-order valence-corrected chi connectivity index (χ4v) is 2.58. The minimum atomic E-state index is -1.07. The third-order valence-corrected chi connectivity index (χ3v) is 4.05. The molecule has 0 bridgehead atoms. The van der Waals surface area contributed by atoms with E-state index >= 15 is 0 Å². The van der Waals surface area contributed by atoms with Gasteiger partial charge in [-0.3, -0.25) is 9.59 Å². The maximum Gasteiger partial charge on any atom is 0.321 e. The normalized spacial score (nSPS) is 15.1. The van der Waals surface area contributed by atoms with Gasteiger partial charge in [0, 0.05) is 4.75 Å². The van der Waals surface area contributed by atoms with Gasteiger partial charge in [0.15, 0.2) is 0 Å². The van der Waals surface area contributed by atoms with Crippen molar-refractivity contribution >= 4 is 23.7 Å². The Bertz CT molecular complexity index is 281. The van der Waals surface area contributed by atoms with E-state index in [0.717, 1.165) is 0 Å². The Kier molecular flexibility index (Phi) is 6.56. The Balaban J connectivity index is 4.65. The van der Waals surface area contributed by atoms with E-state index in [1.165, 1.54) is 11.8 Å². The molecular formula is C11H21NO4S. The zero-order valence-electron chi connectivity index (χ0n) is 10.7. The summed E-state index contributed by atoms with van der Waals surface area (Å²) in [4.78, 5) is 22.5. The second kappa shape index (κ2) is 6.86. The van der Waals surface area contributed by atoms with E-state index in [2.05, 4.69) is 0 Å². The fourth-order valence-electron chi connectivity index (χ4n) is 1.27. The zero-order chi connectivity index (χ0) is 13.6. The lowest BCUT2D eigenvalue weighted by Crippen LogP contribution is -2.48. The smallest absolute Gasteiger partial charge is 0.321 e. The Morgan fingerprint density at radius 1 is 1.41 bits per heavy atom.